The molecule has 1 saturated heterocycles. The van der Waals surface area contributed by atoms with E-state index in [0.29, 0.717) is 43.8 Å². The number of sulfonamides is 1. The van der Waals surface area contributed by atoms with Crippen LogP contribution >= 0.6 is 0 Å². The van der Waals surface area contributed by atoms with E-state index in [0.717, 1.165) is 5.75 Å². The Labute approximate surface area is 153 Å². The van der Waals surface area contributed by atoms with Gasteiger partial charge in [0.15, 0.2) is 0 Å². The molecule has 0 radical (unpaired) electrons. The second-order valence-corrected chi connectivity index (χ2v) is 8.11. The SMILES string of the molecule is O=C(CCCOc1ccccc1)Nc1ccc(N2CCCS2(=O)=O)cc1. The first-order valence-electron chi connectivity index (χ1n) is 8.63. The first-order chi connectivity index (χ1) is 12.5. The van der Waals surface area contributed by atoms with Gasteiger partial charge in [-0.25, -0.2) is 8.42 Å². The lowest BCUT2D eigenvalue weighted by Crippen LogP contribution is -2.25. The van der Waals surface area contributed by atoms with E-state index in [1.807, 2.05) is 30.3 Å². The van der Waals surface area contributed by atoms with Crippen LogP contribution in [0.3, 0.4) is 0 Å². The van der Waals surface area contributed by atoms with Crippen LogP contribution in [0.5, 0.6) is 5.75 Å². The van der Waals surface area contributed by atoms with Gasteiger partial charge in [-0.05, 0) is 49.2 Å². The molecule has 1 heterocycles. The van der Waals surface area contributed by atoms with Crippen LogP contribution in [0.15, 0.2) is 54.6 Å². The first-order valence-corrected chi connectivity index (χ1v) is 10.2. The maximum absolute atomic E-state index is 12.0. The Morgan fingerprint density at radius 3 is 2.46 bits per heavy atom. The van der Waals surface area contributed by atoms with Crippen LogP contribution < -0.4 is 14.4 Å². The van der Waals surface area contributed by atoms with Crippen molar-refractivity contribution in [1.82, 2.24) is 0 Å². The smallest absolute Gasteiger partial charge is 0.235 e. The number of hydrogen-bond donors (Lipinski definition) is 1. The molecule has 1 N–H and O–H groups in total. The summed E-state index contributed by atoms with van der Waals surface area (Å²) < 4.78 is 30.8. The van der Waals surface area contributed by atoms with Gasteiger partial charge in [-0.1, -0.05) is 18.2 Å². The molecular formula is C19H22N2O4S. The molecule has 1 aliphatic rings. The van der Waals surface area contributed by atoms with Gasteiger partial charge in [0, 0.05) is 18.7 Å². The Morgan fingerprint density at radius 2 is 1.81 bits per heavy atom. The summed E-state index contributed by atoms with van der Waals surface area (Å²) in [5.74, 6) is 0.889. The Bertz CT molecular complexity index is 836. The predicted molar refractivity (Wildman–Crippen MR) is 102 cm³/mol. The second kappa shape index (κ2) is 8.23. The van der Waals surface area contributed by atoms with Crippen molar-refractivity contribution in [3.05, 3.63) is 54.6 Å². The first kappa shape index (κ1) is 18.3. The molecule has 0 unspecified atom stereocenters. The molecule has 7 heteroatoms. The molecule has 1 fully saturated rings. The van der Waals surface area contributed by atoms with Crippen molar-refractivity contribution in [2.24, 2.45) is 0 Å². The van der Waals surface area contributed by atoms with E-state index in [-0.39, 0.29) is 11.7 Å². The fourth-order valence-corrected chi connectivity index (χ4v) is 4.37. The lowest BCUT2D eigenvalue weighted by atomic mass is 10.2. The summed E-state index contributed by atoms with van der Waals surface area (Å²) in [6.07, 6.45) is 1.62. The molecule has 6 nitrogen and oxygen atoms in total. The molecule has 0 atom stereocenters. The number of rotatable bonds is 7. The van der Waals surface area contributed by atoms with Crippen LogP contribution in [0.25, 0.3) is 0 Å². The van der Waals surface area contributed by atoms with E-state index in [2.05, 4.69) is 5.32 Å². The maximum atomic E-state index is 12.0. The highest BCUT2D eigenvalue weighted by molar-refractivity contribution is 7.93. The minimum absolute atomic E-state index is 0.0943. The standard InChI is InChI=1S/C19H22N2O4S/c22-19(8-4-14-25-18-6-2-1-3-7-18)20-16-9-11-17(12-10-16)21-13-5-15-26(21,23)24/h1-3,6-7,9-12H,4-5,8,13-15H2,(H,20,22). The average molecular weight is 374 g/mol. The molecule has 3 rings (SSSR count). The summed E-state index contributed by atoms with van der Waals surface area (Å²) in [5, 5.41) is 2.82. The molecule has 2 aromatic carbocycles. The number of para-hydroxylation sites is 1. The van der Waals surface area contributed by atoms with E-state index >= 15 is 0 Å². The van der Waals surface area contributed by atoms with Gasteiger partial charge in [0.25, 0.3) is 0 Å². The average Bonchev–Trinajstić information content (AvgIpc) is 2.99. The van der Waals surface area contributed by atoms with E-state index in [1.54, 1.807) is 24.3 Å². The molecule has 138 valence electrons. The molecular weight excluding hydrogens is 352 g/mol. The third-order valence-electron chi connectivity index (χ3n) is 4.10. The second-order valence-electron chi connectivity index (χ2n) is 6.10. The van der Waals surface area contributed by atoms with E-state index < -0.39 is 10.0 Å². The van der Waals surface area contributed by atoms with Crippen LogP contribution in [0.4, 0.5) is 11.4 Å². The highest BCUT2D eigenvalue weighted by atomic mass is 32.2. The van der Waals surface area contributed by atoms with Crippen molar-refractivity contribution in [2.45, 2.75) is 19.3 Å². The van der Waals surface area contributed by atoms with Gasteiger partial charge in [-0.2, -0.15) is 0 Å². The highest BCUT2D eigenvalue weighted by Gasteiger charge is 2.28. The fraction of sp³-hybridized carbons (Fsp3) is 0.316. The predicted octanol–water partition coefficient (Wildman–Crippen LogP) is 3.02. The largest absolute Gasteiger partial charge is 0.494 e. The molecule has 0 aliphatic carbocycles. The number of nitrogens with zero attached hydrogens (tertiary/aromatic N) is 1. The van der Waals surface area contributed by atoms with Crippen LogP contribution in [0.2, 0.25) is 0 Å². The Kier molecular flexibility index (Phi) is 5.78. The number of carbonyl (C=O) groups is 1. The molecule has 26 heavy (non-hydrogen) atoms. The molecule has 1 amide bonds. The van der Waals surface area contributed by atoms with Gasteiger partial charge < -0.3 is 10.1 Å². The minimum atomic E-state index is -3.18. The van der Waals surface area contributed by atoms with Crippen LogP contribution in [0.1, 0.15) is 19.3 Å². The Hall–Kier alpha value is -2.54. The number of carbonyl (C=O) groups excluding carboxylic acids is 1. The minimum Gasteiger partial charge on any atom is -0.494 e. The summed E-state index contributed by atoms with van der Waals surface area (Å²) in [6, 6.07) is 16.4. The van der Waals surface area contributed by atoms with E-state index in [4.69, 9.17) is 4.74 Å². The zero-order valence-corrected chi connectivity index (χ0v) is 15.2. The molecule has 0 bridgehead atoms. The lowest BCUT2D eigenvalue weighted by molar-refractivity contribution is -0.116. The number of hydrogen-bond acceptors (Lipinski definition) is 4. The fourth-order valence-electron chi connectivity index (χ4n) is 2.80. The molecule has 2 aromatic rings. The Balaban J connectivity index is 1.44. The van der Waals surface area contributed by atoms with Crippen molar-refractivity contribution in [3.63, 3.8) is 0 Å². The maximum Gasteiger partial charge on any atom is 0.235 e. The summed E-state index contributed by atoms with van der Waals surface area (Å²) in [7, 11) is -3.18. The third kappa shape index (κ3) is 4.76. The summed E-state index contributed by atoms with van der Waals surface area (Å²) in [5.41, 5.74) is 1.29. The molecule has 0 aromatic heterocycles. The highest BCUT2D eigenvalue weighted by Crippen LogP contribution is 2.25. The third-order valence-corrected chi connectivity index (χ3v) is 5.97. The molecule has 1 aliphatic heterocycles. The molecule has 0 saturated carbocycles. The van der Waals surface area contributed by atoms with Gasteiger partial charge >= 0.3 is 0 Å². The number of amides is 1. The monoisotopic (exact) mass is 374 g/mol. The Morgan fingerprint density at radius 1 is 1.08 bits per heavy atom. The van der Waals surface area contributed by atoms with Gasteiger partial charge in [-0.15, -0.1) is 0 Å². The van der Waals surface area contributed by atoms with Gasteiger partial charge in [-0.3, -0.25) is 9.10 Å². The zero-order valence-electron chi connectivity index (χ0n) is 14.4. The summed E-state index contributed by atoms with van der Waals surface area (Å²) in [4.78, 5) is 12.0. The number of anilines is 2. The van der Waals surface area contributed by atoms with Crippen molar-refractivity contribution >= 4 is 27.3 Å². The summed E-state index contributed by atoms with van der Waals surface area (Å²) >= 11 is 0. The van der Waals surface area contributed by atoms with E-state index in [1.165, 1.54) is 4.31 Å². The molecule has 0 spiro atoms. The quantitative estimate of drug-likeness (QED) is 0.756. The number of ether oxygens (including phenoxy) is 1. The number of benzene rings is 2. The lowest BCUT2D eigenvalue weighted by Gasteiger charge is -2.17. The number of nitrogens with one attached hydrogen (secondary N) is 1. The zero-order chi connectivity index (χ0) is 18.4. The normalized spacial score (nSPS) is 15.6. The van der Waals surface area contributed by atoms with Crippen molar-refractivity contribution in [1.29, 1.82) is 0 Å². The summed E-state index contributed by atoms with van der Waals surface area (Å²) in [6.45, 7) is 0.985. The van der Waals surface area contributed by atoms with Gasteiger partial charge in [0.2, 0.25) is 15.9 Å². The topological polar surface area (TPSA) is 75.7 Å². The van der Waals surface area contributed by atoms with Gasteiger partial charge in [0.1, 0.15) is 5.75 Å². The van der Waals surface area contributed by atoms with Gasteiger partial charge in [0.05, 0.1) is 18.0 Å². The van der Waals surface area contributed by atoms with Crippen LogP contribution in [-0.2, 0) is 14.8 Å². The van der Waals surface area contributed by atoms with Crippen molar-refractivity contribution in [3.8, 4) is 5.75 Å². The van der Waals surface area contributed by atoms with Crippen molar-refractivity contribution < 1.29 is 17.9 Å². The van der Waals surface area contributed by atoms with Crippen molar-refractivity contribution in [2.75, 3.05) is 28.5 Å². The van der Waals surface area contributed by atoms with Crippen LogP contribution in [0, 0.1) is 0 Å². The van der Waals surface area contributed by atoms with E-state index in [9.17, 15) is 13.2 Å². The van der Waals surface area contributed by atoms with Crippen LogP contribution in [-0.4, -0.2) is 33.2 Å².